The van der Waals surface area contributed by atoms with Crippen LogP contribution in [0.2, 0.25) is 0 Å². The molecule has 0 aliphatic heterocycles. The van der Waals surface area contributed by atoms with Crippen LogP contribution in [0, 0.1) is 25.7 Å². The lowest BCUT2D eigenvalue weighted by Crippen LogP contribution is -2.36. The van der Waals surface area contributed by atoms with Crippen LogP contribution in [0.4, 0.5) is 0 Å². The number of nitrogens with one attached hydrogen (secondary N) is 2. The van der Waals surface area contributed by atoms with Gasteiger partial charge in [-0.2, -0.15) is 5.10 Å². The molecule has 2 atom stereocenters. The Balaban J connectivity index is 1.47. The number of H-pyrrole nitrogens is 1. The van der Waals surface area contributed by atoms with E-state index in [1.54, 1.807) is 0 Å². The van der Waals surface area contributed by atoms with Gasteiger partial charge in [0.1, 0.15) is 10.7 Å². The van der Waals surface area contributed by atoms with E-state index in [0.29, 0.717) is 27.9 Å². The second kappa shape index (κ2) is 5.66. The Morgan fingerprint density at radius 3 is 3.12 bits per heavy atom. The molecule has 0 spiro atoms. The molecule has 0 radical (unpaired) electrons. The van der Waals surface area contributed by atoms with Gasteiger partial charge in [-0.05, 0) is 38.2 Å². The monoisotopic (exact) mass is 342 g/mol. The molecule has 2 aromatic heterocycles. The maximum atomic E-state index is 12.2. The highest BCUT2D eigenvalue weighted by Gasteiger charge is 2.38. The van der Waals surface area contributed by atoms with Crippen LogP contribution < -0.4 is 11.0 Å². The number of aryl methyl sites for hydroxylation is 2. The van der Waals surface area contributed by atoms with Crippen molar-refractivity contribution >= 4 is 33.2 Å². The third-order valence-electron chi connectivity index (χ3n) is 4.90. The van der Waals surface area contributed by atoms with Crippen molar-refractivity contribution in [2.45, 2.75) is 33.1 Å². The predicted octanol–water partition coefficient (Wildman–Crippen LogP) is 2.21. The van der Waals surface area contributed by atoms with Gasteiger partial charge in [0.25, 0.3) is 5.56 Å². The van der Waals surface area contributed by atoms with Crippen molar-refractivity contribution in [1.29, 1.82) is 0 Å². The van der Waals surface area contributed by atoms with Gasteiger partial charge < -0.3 is 4.98 Å². The summed E-state index contributed by atoms with van der Waals surface area (Å²) in [6, 6.07) is 0. The van der Waals surface area contributed by atoms with E-state index in [9.17, 15) is 9.59 Å². The topological polar surface area (TPSA) is 87.2 Å². The van der Waals surface area contributed by atoms with E-state index in [1.165, 1.54) is 11.3 Å². The van der Waals surface area contributed by atoms with Crippen molar-refractivity contribution in [1.82, 2.24) is 15.4 Å². The number of allylic oxidation sites excluding steroid dienone is 2. The Morgan fingerprint density at radius 1 is 1.50 bits per heavy atom. The van der Waals surface area contributed by atoms with Crippen LogP contribution in [0.15, 0.2) is 22.0 Å². The van der Waals surface area contributed by atoms with Gasteiger partial charge in [0, 0.05) is 16.5 Å². The number of aromatic amines is 1. The number of hydrazone groups is 1. The summed E-state index contributed by atoms with van der Waals surface area (Å²) in [5, 5.41) is 4.85. The summed E-state index contributed by atoms with van der Waals surface area (Å²) in [6.07, 6.45) is 6.36. The van der Waals surface area contributed by atoms with Crippen molar-refractivity contribution in [3.05, 3.63) is 38.8 Å². The molecule has 124 valence electrons. The van der Waals surface area contributed by atoms with Gasteiger partial charge in [-0.15, -0.1) is 11.3 Å². The van der Waals surface area contributed by atoms with Crippen molar-refractivity contribution < 1.29 is 4.79 Å². The van der Waals surface area contributed by atoms with Crippen molar-refractivity contribution in [3.63, 3.8) is 0 Å². The first-order valence-corrected chi connectivity index (χ1v) is 8.85. The molecule has 7 heteroatoms. The zero-order chi connectivity index (χ0) is 16.8. The molecule has 2 unspecified atom stereocenters. The first kappa shape index (κ1) is 15.3. The molecular formula is C17H18N4O2S. The van der Waals surface area contributed by atoms with Gasteiger partial charge in [-0.3, -0.25) is 9.59 Å². The van der Waals surface area contributed by atoms with Crippen LogP contribution in [0.3, 0.4) is 0 Å². The lowest BCUT2D eigenvalue weighted by atomic mass is 9.74. The molecule has 24 heavy (non-hydrogen) atoms. The molecule has 0 aromatic carbocycles. The standard InChI is InChI=1S/C17H18N4O2S/c1-8-9(2)24-17-15(8)16(23)18-13(19-17)7-14(22)21-20-12-6-10-4-3-5-11(10)12/h3-4,10-11H,5-7H2,1-2H3,(H,21,22)(H,18,19,23)/b20-12+. The summed E-state index contributed by atoms with van der Waals surface area (Å²) in [6.45, 7) is 3.88. The average molecular weight is 342 g/mol. The van der Waals surface area contributed by atoms with Crippen LogP contribution in [0.5, 0.6) is 0 Å². The number of aromatic nitrogens is 2. The fraction of sp³-hybridized carbons (Fsp3) is 0.412. The summed E-state index contributed by atoms with van der Waals surface area (Å²) in [5.74, 6) is 1.19. The summed E-state index contributed by atoms with van der Waals surface area (Å²) < 4.78 is 0. The molecule has 2 aliphatic carbocycles. The van der Waals surface area contributed by atoms with E-state index >= 15 is 0 Å². The van der Waals surface area contributed by atoms with Gasteiger partial charge in [-0.25, -0.2) is 10.4 Å². The number of carbonyl (C=O) groups excluding carboxylic acids is 1. The van der Waals surface area contributed by atoms with Gasteiger partial charge in [0.2, 0.25) is 5.91 Å². The molecular weight excluding hydrogens is 324 g/mol. The molecule has 6 nitrogen and oxygen atoms in total. The molecule has 1 saturated carbocycles. The molecule has 4 rings (SSSR count). The fourth-order valence-electron chi connectivity index (χ4n) is 3.37. The number of hydrogen-bond acceptors (Lipinski definition) is 5. The molecule has 2 aliphatic rings. The van der Waals surface area contributed by atoms with Gasteiger partial charge in [0.15, 0.2) is 0 Å². The van der Waals surface area contributed by atoms with Crippen LogP contribution >= 0.6 is 11.3 Å². The predicted molar refractivity (Wildman–Crippen MR) is 94.4 cm³/mol. The van der Waals surface area contributed by atoms with Crippen molar-refractivity contribution in [2.24, 2.45) is 16.9 Å². The normalized spacial score (nSPS) is 23.5. The number of amides is 1. The van der Waals surface area contributed by atoms with Crippen LogP contribution in [-0.2, 0) is 11.2 Å². The highest BCUT2D eigenvalue weighted by atomic mass is 32.1. The van der Waals surface area contributed by atoms with E-state index in [4.69, 9.17) is 0 Å². The minimum atomic E-state index is -0.260. The molecule has 2 N–H and O–H groups in total. The second-order valence-corrected chi connectivity index (χ2v) is 7.63. The second-order valence-electron chi connectivity index (χ2n) is 6.43. The quantitative estimate of drug-likeness (QED) is 0.662. The first-order valence-electron chi connectivity index (χ1n) is 8.04. The maximum Gasteiger partial charge on any atom is 0.259 e. The van der Waals surface area contributed by atoms with E-state index in [2.05, 4.69) is 32.6 Å². The molecule has 0 bridgehead atoms. The number of thiophene rings is 1. The fourth-order valence-corrected chi connectivity index (χ4v) is 4.42. The summed E-state index contributed by atoms with van der Waals surface area (Å²) in [4.78, 5) is 33.2. The Bertz CT molecular complexity index is 953. The van der Waals surface area contributed by atoms with E-state index in [1.807, 2.05) is 13.8 Å². The van der Waals surface area contributed by atoms with Crippen LogP contribution in [0.1, 0.15) is 29.1 Å². The van der Waals surface area contributed by atoms with Gasteiger partial charge >= 0.3 is 0 Å². The SMILES string of the molecule is Cc1sc2nc(CC(=O)N/N=C3\CC4C=CCC34)[nH]c(=O)c2c1C. The largest absolute Gasteiger partial charge is 0.309 e. The molecule has 2 heterocycles. The molecule has 2 aromatic rings. The molecule has 1 amide bonds. The molecule has 1 fully saturated rings. The van der Waals surface area contributed by atoms with Gasteiger partial charge in [-0.1, -0.05) is 12.2 Å². The minimum absolute atomic E-state index is 0.0182. The zero-order valence-corrected chi connectivity index (χ0v) is 14.4. The lowest BCUT2D eigenvalue weighted by molar-refractivity contribution is -0.120. The number of carbonyl (C=O) groups is 1. The summed E-state index contributed by atoms with van der Waals surface area (Å²) >= 11 is 1.48. The summed E-state index contributed by atoms with van der Waals surface area (Å²) in [5.41, 5.74) is 4.42. The third kappa shape index (κ3) is 2.49. The number of hydrogen-bond donors (Lipinski definition) is 2. The average Bonchev–Trinajstić information content (AvgIpc) is 3.00. The Kier molecular flexibility index (Phi) is 3.60. The minimum Gasteiger partial charge on any atom is -0.309 e. The smallest absolute Gasteiger partial charge is 0.259 e. The Morgan fingerprint density at radius 2 is 2.33 bits per heavy atom. The van der Waals surface area contributed by atoms with Crippen LogP contribution in [-0.4, -0.2) is 21.6 Å². The zero-order valence-electron chi connectivity index (χ0n) is 13.5. The van der Waals surface area contributed by atoms with E-state index in [0.717, 1.165) is 29.0 Å². The lowest BCUT2D eigenvalue weighted by Gasteiger charge is -2.31. The Hall–Kier alpha value is -2.28. The van der Waals surface area contributed by atoms with Crippen LogP contribution in [0.25, 0.3) is 10.2 Å². The summed E-state index contributed by atoms with van der Waals surface area (Å²) in [7, 11) is 0. The Labute approximate surface area is 142 Å². The van der Waals surface area contributed by atoms with Gasteiger partial charge in [0.05, 0.1) is 11.8 Å². The number of nitrogens with zero attached hydrogens (tertiary/aromatic N) is 2. The van der Waals surface area contributed by atoms with E-state index < -0.39 is 0 Å². The first-order chi connectivity index (χ1) is 11.5. The maximum absolute atomic E-state index is 12.2. The number of rotatable bonds is 3. The highest BCUT2D eigenvalue weighted by molar-refractivity contribution is 7.18. The third-order valence-corrected chi connectivity index (χ3v) is 6.00. The van der Waals surface area contributed by atoms with E-state index in [-0.39, 0.29) is 17.9 Å². The number of fused-ring (bicyclic) bond motifs is 2. The molecule has 0 saturated heterocycles. The highest BCUT2D eigenvalue weighted by Crippen LogP contribution is 2.40. The van der Waals surface area contributed by atoms with Crippen molar-refractivity contribution in [3.8, 4) is 0 Å². The van der Waals surface area contributed by atoms with Crippen molar-refractivity contribution in [2.75, 3.05) is 0 Å².